The first-order valence-corrected chi connectivity index (χ1v) is 7.22. The lowest BCUT2D eigenvalue weighted by Gasteiger charge is -2.09. The van der Waals surface area contributed by atoms with E-state index in [1.165, 1.54) is 0 Å². The van der Waals surface area contributed by atoms with E-state index in [0.29, 0.717) is 17.1 Å². The second-order valence-electron chi connectivity index (χ2n) is 4.80. The van der Waals surface area contributed by atoms with Crippen molar-refractivity contribution >= 4 is 17.5 Å². The third kappa shape index (κ3) is 3.18. The van der Waals surface area contributed by atoms with Gasteiger partial charge in [0.2, 0.25) is 0 Å². The minimum atomic E-state index is -0.206. The zero-order valence-corrected chi connectivity index (χ0v) is 12.5. The maximum atomic E-state index is 12.3. The summed E-state index contributed by atoms with van der Waals surface area (Å²) in [5.74, 6) is -0.206. The Morgan fingerprint density at radius 2 is 2.00 bits per heavy atom. The lowest BCUT2D eigenvalue weighted by Crippen LogP contribution is -2.23. The molecule has 5 heteroatoms. The van der Waals surface area contributed by atoms with Crippen LogP contribution in [0, 0.1) is 0 Å². The molecule has 0 bridgehead atoms. The molecule has 1 N–H and O–H groups in total. The van der Waals surface area contributed by atoms with Crippen LogP contribution in [0.25, 0.3) is 5.69 Å². The van der Waals surface area contributed by atoms with Gasteiger partial charge in [0.25, 0.3) is 5.91 Å². The first-order chi connectivity index (χ1) is 10.7. The van der Waals surface area contributed by atoms with Gasteiger partial charge < -0.3 is 9.88 Å². The molecule has 4 nitrogen and oxygen atoms in total. The van der Waals surface area contributed by atoms with Gasteiger partial charge in [0.05, 0.1) is 10.6 Å². The van der Waals surface area contributed by atoms with Crippen LogP contribution in [0.1, 0.15) is 15.9 Å². The zero-order valence-electron chi connectivity index (χ0n) is 11.7. The van der Waals surface area contributed by atoms with E-state index in [0.717, 1.165) is 11.3 Å². The van der Waals surface area contributed by atoms with Crippen LogP contribution in [0.3, 0.4) is 0 Å². The summed E-state index contributed by atoms with van der Waals surface area (Å²) in [7, 11) is 0. The van der Waals surface area contributed by atoms with E-state index in [1.54, 1.807) is 24.5 Å². The van der Waals surface area contributed by atoms with Crippen molar-refractivity contribution in [2.75, 3.05) is 0 Å². The molecule has 0 radical (unpaired) electrons. The second kappa shape index (κ2) is 6.45. The Hall–Kier alpha value is -2.59. The lowest BCUT2D eigenvalue weighted by molar-refractivity contribution is 0.0951. The molecule has 1 aromatic carbocycles. The molecule has 1 amide bonds. The molecule has 0 aliphatic rings. The van der Waals surface area contributed by atoms with Crippen LogP contribution in [0.15, 0.2) is 67.3 Å². The van der Waals surface area contributed by atoms with Gasteiger partial charge in [-0.15, -0.1) is 0 Å². The highest BCUT2D eigenvalue weighted by atomic mass is 35.5. The predicted octanol–water partition coefficient (Wildman–Crippen LogP) is 3.46. The van der Waals surface area contributed by atoms with E-state index in [2.05, 4.69) is 10.3 Å². The minimum Gasteiger partial charge on any atom is -0.348 e. The van der Waals surface area contributed by atoms with E-state index in [9.17, 15) is 4.79 Å². The van der Waals surface area contributed by atoms with Crippen LogP contribution < -0.4 is 5.32 Å². The van der Waals surface area contributed by atoms with Crippen molar-refractivity contribution < 1.29 is 4.79 Å². The van der Waals surface area contributed by atoms with Gasteiger partial charge >= 0.3 is 0 Å². The maximum Gasteiger partial charge on any atom is 0.253 e. The first kappa shape index (κ1) is 14.4. The minimum absolute atomic E-state index is 0.206. The Labute approximate surface area is 133 Å². The van der Waals surface area contributed by atoms with Gasteiger partial charge in [-0.05, 0) is 42.0 Å². The number of halogens is 1. The number of nitrogens with zero attached hydrogens (tertiary/aromatic N) is 2. The number of amides is 1. The van der Waals surface area contributed by atoms with E-state index >= 15 is 0 Å². The quantitative estimate of drug-likeness (QED) is 0.802. The number of hydrogen-bond donors (Lipinski definition) is 1. The van der Waals surface area contributed by atoms with Crippen molar-refractivity contribution in [3.8, 4) is 5.69 Å². The number of carbonyl (C=O) groups excluding carboxylic acids is 1. The molecule has 2 heterocycles. The number of carbonyl (C=O) groups is 1. The number of rotatable bonds is 4. The van der Waals surface area contributed by atoms with Crippen molar-refractivity contribution in [3.05, 3.63) is 83.4 Å². The Bertz CT molecular complexity index is 770. The molecule has 0 fully saturated rings. The molecule has 0 aliphatic heterocycles. The zero-order chi connectivity index (χ0) is 15.4. The predicted molar refractivity (Wildman–Crippen MR) is 86.2 cm³/mol. The molecule has 3 rings (SSSR count). The standard InChI is InChI=1S/C17H14ClN3O/c18-16-6-5-14(21-8-1-2-9-21)10-15(16)17(22)20-12-13-4-3-7-19-11-13/h1-11H,12H2,(H,20,22). The third-order valence-electron chi connectivity index (χ3n) is 3.27. The highest BCUT2D eigenvalue weighted by Gasteiger charge is 2.11. The Morgan fingerprint density at radius 3 is 2.73 bits per heavy atom. The summed E-state index contributed by atoms with van der Waals surface area (Å²) in [6.07, 6.45) is 7.25. The fourth-order valence-electron chi connectivity index (χ4n) is 2.13. The van der Waals surface area contributed by atoms with Gasteiger partial charge in [-0.25, -0.2) is 0 Å². The monoisotopic (exact) mass is 311 g/mol. The van der Waals surface area contributed by atoms with Crippen LogP contribution in [-0.2, 0) is 6.54 Å². The van der Waals surface area contributed by atoms with Crippen LogP contribution in [0.5, 0.6) is 0 Å². The van der Waals surface area contributed by atoms with Gasteiger partial charge in [0, 0.05) is 37.0 Å². The Balaban J connectivity index is 1.78. The fraction of sp³-hybridized carbons (Fsp3) is 0.0588. The molecule has 3 aromatic rings. The molecule has 0 unspecified atom stereocenters. The van der Waals surface area contributed by atoms with E-state index in [4.69, 9.17) is 11.6 Å². The van der Waals surface area contributed by atoms with E-state index < -0.39 is 0 Å². The highest BCUT2D eigenvalue weighted by Crippen LogP contribution is 2.20. The van der Waals surface area contributed by atoms with Gasteiger partial charge in [-0.3, -0.25) is 9.78 Å². The first-order valence-electron chi connectivity index (χ1n) is 6.84. The van der Waals surface area contributed by atoms with E-state index in [-0.39, 0.29) is 5.91 Å². The van der Waals surface area contributed by atoms with Gasteiger partial charge in [0.15, 0.2) is 0 Å². The van der Waals surface area contributed by atoms with E-state index in [1.807, 2.05) is 47.3 Å². The highest BCUT2D eigenvalue weighted by molar-refractivity contribution is 6.33. The molecule has 0 saturated carbocycles. The SMILES string of the molecule is O=C(NCc1cccnc1)c1cc(-n2cccc2)ccc1Cl. The molecule has 110 valence electrons. The summed E-state index contributed by atoms with van der Waals surface area (Å²) in [6.45, 7) is 0.413. The average molecular weight is 312 g/mol. The number of benzene rings is 1. The molecule has 2 aromatic heterocycles. The second-order valence-corrected chi connectivity index (χ2v) is 5.21. The molecular formula is C17H14ClN3O. The number of pyridine rings is 1. The van der Waals surface area contributed by atoms with Crippen LogP contribution in [-0.4, -0.2) is 15.5 Å². The summed E-state index contributed by atoms with van der Waals surface area (Å²) in [6, 6.07) is 13.0. The van der Waals surface area contributed by atoms with Crippen LogP contribution in [0.2, 0.25) is 5.02 Å². The summed E-state index contributed by atoms with van der Waals surface area (Å²) in [5.41, 5.74) is 2.28. The summed E-state index contributed by atoms with van der Waals surface area (Å²) in [4.78, 5) is 16.4. The van der Waals surface area contributed by atoms with Crippen molar-refractivity contribution in [1.82, 2.24) is 14.9 Å². The molecule has 0 atom stereocenters. The number of nitrogens with one attached hydrogen (secondary N) is 1. The van der Waals surface area contributed by atoms with Crippen molar-refractivity contribution in [1.29, 1.82) is 0 Å². The van der Waals surface area contributed by atoms with Gasteiger partial charge in [-0.1, -0.05) is 17.7 Å². The van der Waals surface area contributed by atoms with Gasteiger partial charge in [0.1, 0.15) is 0 Å². The topological polar surface area (TPSA) is 46.9 Å². The number of aromatic nitrogens is 2. The van der Waals surface area contributed by atoms with Crippen molar-refractivity contribution in [2.24, 2.45) is 0 Å². The average Bonchev–Trinajstić information content (AvgIpc) is 3.08. The summed E-state index contributed by atoms with van der Waals surface area (Å²) >= 11 is 6.15. The lowest BCUT2D eigenvalue weighted by atomic mass is 10.1. The molecule has 22 heavy (non-hydrogen) atoms. The van der Waals surface area contributed by atoms with Crippen molar-refractivity contribution in [2.45, 2.75) is 6.54 Å². The van der Waals surface area contributed by atoms with Crippen LogP contribution in [0.4, 0.5) is 0 Å². The molecule has 0 aliphatic carbocycles. The van der Waals surface area contributed by atoms with Gasteiger partial charge in [-0.2, -0.15) is 0 Å². The molecule has 0 spiro atoms. The largest absolute Gasteiger partial charge is 0.348 e. The van der Waals surface area contributed by atoms with Crippen molar-refractivity contribution in [3.63, 3.8) is 0 Å². The fourth-order valence-corrected chi connectivity index (χ4v) is 2.34. The Kier molecular flexibility index (Phi) is 4.21. The smallest absolute Gasteiger partial charge is 0.253 e. The molecule has 0 saturated heterocycles. The summed E-state index contributed by atoms with van der Waals surface area (Å²) < 4.78 is 1.92. The third-order valence-corrected chi connectivity index (χ3v) is 3.60. The molecular weight excluding hydrogens is 298 g/mol. The van der Waals surface area contributed by atoms with Crippen LogP contribution >= 0.6 is 11.6 Å². The number of hydrogen-bond acceptors (Lipinski definition) is 2. The summed E-state index contributed by atoms with van der Waals surface area (Å²) in [5, 5.41) is 3.29. The normalized spacial score (nSPS) is 10.4. The Morgan fingerprint density at radius 1 is 1.18 bits per heavy atom. The maximum absolute atomic E-state index is 12.3.